The van der Waals surface area contributed by atoms with Crippen molar-refractivity contribution >= 4 is 10.0 Å². The summed E-state index contributed by atoms with van der Waals surface area (Å²) >= 11 is 0. The summed E-state index contributed by atoms with van der Waals surface area (Å²) < 4.78 is 28.2. The second-order valence-corrected chi connectivity index (χ2v) is 6.35. The Bertz CT molecular complexity index is 662. The molecule has 0 amide bonds. The van der Waals surface area contributed by atoms with Crippen molar-refractivity contribution in [1.29, 1.82) is 0 Å². The molecular formula is C13H18N4O2S. The molecule has 1 aromatic heterocycles. The number of benzene rings is 1. The third-order valence-electron chi connectivity index (χ3n) is 3.01. The summed E-state index contributed by atoms with van der Waals surface area (Å²) in [5.41, 5.74) is 8.03. The van der Waals surface area contributed by atoms with Crippen molar-refractivity contribution in [2.75, 3.05) is 0 Å². The number of nitrogens with one attached hydrogen (secondary N) is 1. The summed E-state index contributed by atoms with van der Waals surface area (Å²) in [6.45, 7) is 0.686. The molecule has 108 valence electrons. The van der Waals surface area contributed by atoms with E-state index in [4.69, 9.17) is 5.73 Å². The Morgan fingerprint density at radius 2 is 1.85 bits per heavy atom. The van der Waals surface area contributed by atoms with Gasteiger partial charge in [0.1, 0.15) is 0 Å². The summed E-state index contributed by atoms with van der Waals surface area (Å²) in [4.78, 5) is 0. The molecule has 20 heavy (non-hydrogen) atoms. The van der Waals surface area contributed by atoms with Gasteiger partial charge < -0.3 is 5.73 Å². The van der Waals surface area contributed by atoms with E-state index in [1.54, 1.807) is 36.1 Å². The zero-order chi connectivity index (χ0) is 14.6. The Balaban J connectivity index is 1.98. The quantitative estimate of drug-likeness (QED) is 0.811. The minimum atomic E-state index is -3.37. The van der Waals surface area contributed by atoms with Crippen LogP contribution >= 0.6 is 0 Å². The SMILES string of the molecule is Cn1nccc1CNS(=O)(=O)Cc1ccc(CN)cc1. The van der Waals surface area contributed by atoms with Crippen LogP contribution in [0.25, 0.3) is 0 Å². The van der Waals surface area contributed by atoms with E-state index in [9.17, 15) is 8.42 Å². The molecule has 0 aliphatic heterocycles. The number of nitrogens with two attached hydrogens (primary N) is 1. The molecule has 0 atom stereocenters. The van der Waals surface area contributed by atoms with Crippen LogP contribution in [0, 0.1) is 0 Å². The fraction of sp³-hybridized carbons (Fsp3) is 0.308. The zero-order valence-electron chi connectivity index (χ0n) is 11.3. The van der Waals surface area contributed by atoms with Crippen LogP contribution in [0.1, 0.15) is 16.8 Å². The van der Waals surface area contributed by atoms with Crippen molar-refractivity contribution in [3.05, 3.63) is 53.3 Å². The monoisotopic (exact) mass is 294 g/mol. The molecule has 0 radical (unpaired) electrons. The maximum Gasteiger partial charge on any atom is 0.216 e. The van der Waals surface area contributed by atoms with Gasteiger partial charge in [0.05, 0.1) is 18.0 Å². The number of aryl methyl sites for hydroxylation is 1. The summed E-state index contributed by atoms with van der Waals surface area (Å²) in [5.74, 6) is -0.0459. The third kappa shape index (κ3) is 3.89. The molecule has 0 spiro atoms. The molecule has 7 heteroatoms. The summed E-state index contributed by atoms with van der Waals surface area (Å²) in [5, 5.41) is 3.99. The Morgan fingerprint density at radius 1 is 1.20 bits per heavy atom. The van der Waals surface area contributed by atoms with Crippen molar-refractivity contribution < 1.29 is 8.42 Å². The van der Waals surface area contributed by atoms with E-state index < -0.39 is 10.0 Å². The largest absolute Gasteiger partial charge is 0.326 e. The number of nitrogens with zero attached hydrogens (tertiary/aromatic N) is 2. The minimum Gasteiger partial charge on any atom is -0.326 e. The minimum absolute atomic E-state index is 0.0459. The second-order valence-electron chi connectivity index (χ2n) is 4.55. The van der Waals surface area contributed by atoms with Gasteiger partial charge in [-0.1, -0.05) is 24.3 Å². The predicted octanol–water partition coefficient (Wildman–Crippen LogP) is 0.498. The lowest BCUT2D eigenvalue weighted by molar-refractivity contribution is 0.576. The van der Waals surface area contributed by atoms with Gasteiger partial charge in [0.15, 0.2) is 0 Å². The van der Waals surface area contributed by atoms with Gasteiger partial charge in [-0.15, -0.1) is 0 Å². The molecule has 2 aromatic rings. The average Bonchev–Trinajstić information content (AvgIpc) is 2.83. The van der Waals surface area contributed by atoms with Crippen LogP contribution in [0.3, 0.4) is 0 Å². The molecule has 0 saturated heterocycles. The Morgan fingerprint density at radius 3 is 2.40 bits per heavy atom. The smallest absolute Gasteiger partial charge is 0.216 e. The normalized spacial score (nSPS) is 11.7. The molecule has 2 rings (SSSR count). The van der Waals surface area contributed by atoms with E-state index in [1.807, 2.05) is 12.1 Å². The first-order valence-corrected chi connectivity index (χ1v) is 7.87. The van der Waals surface area contributed by atoms with Gasteiger partial charge >= 0.3 is 0 Å². The van der Waals surface area contributed by atoms with Crippen LogP contribution < -0.4 is 10.5 Å². The molecule has 0 aliphatic carbocycles. The molecule has 3 N–H and O–H groups in total. The Labute approximate surface area is 118 Å². The highest BCUT2D eigenvalue weighted by Crippen LogP contribution is 2.08. The van der Waals surface area contributed by atoms with Gasteiger partial charge in [0.2, 0.25) is 10.0 Å². The number of sulfonamides is 1. The van der Waals surface area contributed by atoms with Crippen molar-refractivity contribution in [3.8, 4) is 0 Å². The molecule has 0 fully saturated rings. The summed E-state index contributed by atoms with van der Waals surface area (Å²) in [7, 11) is -1.60. The number of hydrogen-bond donors (Lipinski definition) is 2. The summed E-state index contributed by atoms with van der Waals surface area (Å²) in [6, 6.07) is 9.02. The first-order chi connectivity index (χ1) is 9.50. The summed E-state index contributed by atoms with van der Waals surface area (Å²) in [6.07, 6.45) is 1.63. The van der Waals surface area contributed by atoms with Crippen molar-refractivity contribution in [1.82, 2.24) is 14.5 Å². The van der Waals surface area contributed by atoms with E-state index >= 15 is 0 Å². The lowest BCUT2D eigenvalue weighted by Crippen LogP contribution is -2.25. The van der Waals surface area contributed by atoms with E-state index in [1.165, 1.54) is 0 Å². The molecule has 1 aromatic carbocycles. The van der Waals surface area contributed by atoms with Gasteiger partial charge in [-0.05, 0) is 17.2 Å². The maximum atomic E-state index is 12.0. The standard InChI is InChI=1S/C13H18N4O2S/c1-17-13(6-7-15-17)9-16-20(18,19)10-12-4-2-11(8-14)3-5-12/h2-7,16H,8-10,14H2,1H3. The van der Waals surface area contributed by atoms with Gasteiger partial charge in [-0.2, -0.15) is 5.10 Å². The fourth-order valence-corrected chi connectivity index (χ4v) is 2.90. The van der Waals surface area contributed by atoms with E-state index in [0.29, 0.717) is 6.54 Å². The molecule has 0 aliphatic rings. The highest BCUT2D eigenvalue weighted by Gasteiger charge is 2.12. The van der Waals surface area contributed by atoms with E-state index in [2.05, 4.69) is 9.82 Å². The molecule has 1 heterocycles. The van der Waals surface area contributed by atoms with Crippen molar-refractivity contribution in [2.24, 2.45) is 12.8 Å². The number of hydrogen-bond acceptors (Lipinski definition) is 4. The topological polar surface area (TPSA) is 90.0 Å². The highest BCUT2D eigenvalue weighted by atomic mass is 32.2. The maximum absolute atomic E-state index is 12.0. The van der Waals surface area contributed by atoms with Crippen LogP contribution in [-0.4, -0.2) is 18.2 Å². The number of aromatic nitrogens is 2. The lowest BCUT2D eigenvalue weighted by Gasteiger charge is -2.07. The van der Waals surface area contributed by atoms with Crippen LogP contribution in [-0.2, 0) is 35.9 Å². The van der Waals surface area contributed by atoms with Crippen LogP contribution in [0.2, 0.25) is 0 Å². The molecular weight excluding hydrogens is 276 g/mol. The van der Waals surface area contributed by atoms with Crippen molar-refractivity contribution in [3.63, 3.8) is 0 Å². The van der Waals surface area contributed by atoms with Crippen LogP contribution in [0.4, 0.5) is 0 Å². The van der Waals surface area contributed by atoms with E-state index in [-0.39, 0.29) is 12.3 Å². The molecule has 6 nitrogen and oxygen atoms in total. The van der Waals surface area contributed by atoms with Gasteiger partial charge in [-0.25, -0.2) is 13.1 Å². The number of rotatable bonds is 6. The Hall–Kier alpha value is -1.70. The van der Waals surface area contributed by atoms with Crippen LogP contribution in [0.5, 0.6) is 0 Å². The van der Waals surface area contributed by atoms with Gasteiger partial charge in [-0.3, -0.25) is 4.68 Å². The predicted molar refractivity (Wildman–Crippen MR) is 77.0 cm³/mol. The van der Waals surface area contributed by atoms with Gasteiger partial charge in [0.25, 0.3) is 0 Å². The van der Waals surface area contributed by atoms with Crippen LogP contribution in [0.15, 0.2) is 36.5 Å². The lowest BCUT2D eigenvalue weighted by atomic mass is 10.1. The first-order valence-electron chi connectivity index (χ1n) is 6.22. The van der Waals surface area contributed by atoms with Crippen molar-refractivity contribution in [2.45, 2.75) is 18.8 Å². The van der Waals surface area contributed by atoms with Gasteiger partial charge in [0, 0.05) is 19.8 Å². The molecule has 0 unspecified atom stereocenters. The zero-order valence-corrected chi connectivity index (χ0v) is 12.1. The Kier molecular flexibility index (Phi) is 4.53. The molecule has 0 bridgehead atoms. The van der Waals surface area contributed by atoms with E-state index in [0.717, 1.165) is 16.8 Å². The average molecular weight is 294 g/mol. The second kappa shape index (κ2) is 6.17. The first kappa shape index (κ1) is 14.7. The fourth-order valence-electron chi connectivity index (χ4n) is 1.80. The molecule has 0 saturated carbocycles. The highest BCUT2D eigenvalue weighted by molar-refractivity contribution is 7.88. The third-order valence-corrected chi connectivity index (χ3v) is 4.31.